The number of amides is 1. The first-order valence-corrected chi connectivity index (χ1v) is 6.32. The van der Waals surface area contributed by atoms with Crippen molar-refractivity contribution in [2.75, 3.05) is 6.61 Å². The van der Waals surface area contributed by atoms with E-state index >= 15 is 0 Å². The predicted molar refractivity (Wildman–Crippen MR) is 67.4 cm³/mol. The van der Waals surface area contributed by atoms with Gasteiger partial charge in [-0.2, -0.15) is 0 Å². The monoisotopic (exact) mass is 281 g/mol. The van der Waals surface area contributed by atoms with E-state index in [0.717, 1.165) is 0 Å². The van der Waals surface area contributed by atoms with Crippen molar-refractivity contribution in [3.63, 3.8) is 0 Å². The lowest BCUT2D eigenvalue weighted by Gasteiger charge is -2.36. The van der Waals surface area contributed by atoms with Gasteiger partial charge in [0, 0.05) is 18.7 Å². The first-order valence-electron chi connectivity index (χ1n) is 6.32. The van der Waals surface area contributed by atoms with Gasteiger partial charge in [-0.15, -0.1) is 0 Å². The maximum absolute atomic E-state index is 12.3. The van der Waals surface area contributed by atoms with Gasteiger partial charge in [-0.3, -0.25) is 19.8 Å². The molecule has 0 saturated heterocycles. The number of nitrogens with one attached hydrogen (secondary N) is 1. The van der Waals surface area contributed by atoms with E-state index in [-0.39, 0.29) is 36.2 Å². The fourth-order valence-electron chi connectivity index (χ4n) is 2.27. The van der Waals surface area contributed by atoms with Gasteiger partial charge < -0.3 is 10.1 Å². The minimum atomic E-state index is -0.732. The van der Waals surface area contributed by atoms with Gasteiger partial charge in [-0.25, -0.2) is 4.79 Å². The van der Waals surface area contributed by atoms with Crippen LogP contribution in [0.15, 0.2) is 23.3 Å². The first-order chi connectivity index (χ1) is 9.47. The highest BCUT2D eigenvalue weighted by Gasteiger charge is 2.41. The standard InChI is InChI=1S/C12H15N3O5/c1-3-20-12(17)8-6-13-10-9(15(18)19)5-4-7(2)14(10)11(8)16/h6-7,13H,3-5H2,1-2H3. The molecule has 108 valence electrons. The molecule has 0 aromatic rings. The summed E-state index contributed by atoms with van der Waals surface area (Å²) in [4.78, 5) is 35.7. The molecule has 0 aromatic heterocycles. The molecule has 0 aromatic carbocycles. The van der Waals surface area contributed by atoms with Crippen LogP contribution >= 0.6 is 0 Å². The zero-order valence-corrected chi connectivity index (χ0v) is 11.2. The Hall–Kier alpha value is -2.38. The number of allylic oxidation sites excluding steroid dienone is 1. The minimum absolute atomic E-state index is 0.0457. The Kier molecular flexibility index (Phi) is 3.73. The number of nitrogens with zero attached hydrogens (tertiary/aromatic N) is 2. The summed E-state index contributed by atoms with van der Waals surface area (Å²) < 4.78 is 4.80. The highest BCUT2D eigenvalue weighted by molar-refractivity contribution is 6.17. The summed E-state index contributed by atoms with van der Waals surface area (Å²) in [7, 11) is 0. The zero-order chi connectivity index (χ0) is 14.9. The van der Waals surface area contributed by atoms with Crippen molar-refractivity contribution in [2.45, 2.75) is 32.7 Å². The van der Waals surface area contributed by atoms with Crippen molar-refractivity contribution in [3.8, 4) is 0 Å². The lowest BCUT2D eigenvalue weighted by Crippen LogP contribution is -2.50. The third-order valence-electron chi connectivity index (χ3n) is 3.27. The molecule has 2 heterocycles. The van der Waals surface area contributed by atoms with E-state index in [4.69, 9.17) is 4.74 Å². The summed E-state index contributed by atoms with van der Waals surface area (Å²) in [6, 6.07) is -0.216. The Morgan fingerprint density at radius 3 is 2.95 bits per heavy atom. The Balaban J connectivity index is 2.41. The summed E-state index contributed by atoms with van der Waals surface area (Å²) >= 11 is 0. The molecule has 1 atom stereocenters. The molecule has 2 rings (SSSR count). The van der Waals surface area contributed by atoms with Crippen LogP contribution < -0.4 is 5.32 Å². The fraction of sp³-hybridized carbons (Fsp3) is 0.500. The van der Waals surface area contributed by atoms with Crippen LogP contribution in [0.4, 0.5) is 0 Å². The van der Waals surface area contributed by atoms with E-state index in [9.17, 15) is 19.7 Å². The van der Waals surface area contributed by atoms with Gasteiger partial charge >= 0.3 is 5.97 Å². The molecule has 1 N–H and O–H groups in total. The maximum atomic E-state index is 12.3. The average Bonchev–Trinajstić information content (AvgIpc) is 2.38. The lowest BCUT2D eigenvalue weighted by molar-refractivity contribution is -0.432. The van der Waals surface area contributed by atoms with Gasteiger partial charge in [0.2, 0.25) is 0 Å². The molecule has 1 amide bonds. The first kappa shape index (κ1) is 14.0. The summed E-state index contributed by atoms with van der Waals surface area (Å²) in [5.74, 6) is -1.15. The van der Waals surface area contributed by atoms with Crippen LogP contribution in [0.2, 0.25) is 0 Å². The molecule has 0 radical (unpaired) electrons. The Morgan fingerprint density at radius 2 is 2.35 bits per heavy atom. The van der Waals surface area contributed by atoms with E-state index in [1.54, 1.807) is 13.8 Å². The predicted octanol–water partition coefficient (Wildman–Crippen LogP) is 0.493. The normalized spacial score (nSPS) is 21.9. The number of esters is 1. The fourth-order valence-corrected chi connectivity index (χ4v) is 2.27. The van der Waals surface area contributed by atoms with E-state index in [1.807, 2.05) is 0 Å². The van der Waals surface area contributed by atoms with Crippen LogP contribution in [0.25, 0.3) is 0 Å². The molecule has 1 unspecified atom stereocenters. The van der Waals surface area contributed by atoms with Gasteiger partial charge in [0.05, 0.1) is 11.5 Å². The van der Waals surface area contributed by atoms with Crippen molar-refractivity contribution < 1.29 is 19.2 Å². The molecule has 8 heteroatoms. The van der Waals surface area contributed by atoms with E-state index in [0.29, 0.717) is 6.42 Å². The Bertz CT molecular complexity index is 537. The summed E-state index contributed by atoms with van der Waals surface area (Å²) in [5.41, 5.74) is -0.192. The molecule has 2 aliphatic heterocycles. The number of carbonyl (C=O) groups excluding carboxylic acids is 2. The molecular weight excluding hydrogens is 266 g/mol. The Labute approximate surface area is 115 Å². The third kappa shape index (κ3) is 2.24. The number of fused-ring (bicyclic) bond motifs is 1. The van der Waals surface area contributed by atoms with Crippen molar-refractivity contribution in [3.05, 3.63) is 33.4 Å². The molecule has 8 nitrogen and oxygen atoms in total. The van der Waals surface area contributed by atoms with Gasteiger partial charge in [-0.1, -0.05) is 0 Å². The number of hydrogen-bond donors (Lipinski definition) is 1. The van der Waals surface area contributed by atoms with E-state index in [1.165, 1.54) is 11.1 Å². The second kappa shape index (κ2) is 5.32. The molecule has 0 aliphatic carbocycles. The van der Waals surface area contributed by atoms with Crippen LogP contribution in [0.5, 0.6) is 0 Å². The van der Waals surface area contributed by atoms with Crippen LogP contribution in [-0.2, 0) is 14.3 Å². The number of ether oxygens (including phenoxy) is 1. The highest BCUT2D eigenvalue weighted by atomic mass is 16.6. The highest BCUT2D eigenvalue weighted by Crippen LogP contribution is 2.29. The zero-order valence-electron chi connectivity index (χ0n) is 11.2. The third-order valence-corrected chi connectivity index (χ3v) is 3.27. The molecule has 2 aliphatic rings. The minimum Gasteiger partial charge on any atom is -0.462 e. The molecule has 0 saturated carbocycles. The van der Waals surface area contributed by atoms with Gasteiger partial charge in [0.15, 0.2) is 5.82 Å². The van der Waals surface area contributed by atoms with Crippen molar-refractivity contribution in [1.29, 1.82) is 0 Å². The number of nitro groups is 1. The quantitative estimate of drug-likeness (QED) is 0.349. The van der Waals surface area contributed by atoms with Gasteiger partial charge in [0.1, 0.15) is 5.57 Å². The molecular formula is C12H15N3O5. The smallest absolute Gasteiger partial charge is 0.345 e. The molecule has 0 spiro atoms. The van der Waals surface area contributed by atoms with Crippen molar-refractivity contribution in [1.82, 2.24) is 10.2 Å². The topological polar surface area (TPSA) is 102 Å². The average molecular weight is 281 g/mol. The number of hydrogen-bond acceptors (Lipinski definition) is 6. The number of rotatable bonds is 3. The van der Waals surface area contributed by atoms with E-state index in [2.05, 4.69) is 5.32 Å². The SMILES string of the molecule is CCOC(=O)C1=CNC2=C([N+](=O)[O-])CCC(C)N2C1=O. The van der Waals surface area contributed by atoms with Gasteiger partial charge in [-0.05, 0) is 20.3 Å². The molecule has 0 fully saturated rings. The summed E-state index contributed by atoms with van der Waals surface area (Å²) in [6.07, 6.45) is 1.93. The number of carbonyl (C=O) groups is 2. The van der Waals surface area contributed by atoms with Crippen LogP contribution in [0.1, 0.15) is 26.7 Å². The van der Waals surface area contributed by atoms with E-state index < -0.39 is 16.8 Å². The second-order valence-electron chi connectivity index (χ2n) is 4.54. The van der Waals surface area contributed by atoms with Crippen LogP contribution in [0, 0.1) is 10.1 Å². The maximum Gasteiger partial charge on any atom is 0.345 e. The summed E-state index contributed by atoms with van der Waals surface area (Å²) in [6.45, 7) is 3.57. The van der Waals surface area contributed by atoms with Crippen LogP contribution in [-0.4, -0.2) is 34.3 Å². The summed E-state index contributed by atoms with van der Waals surface area (Å²) in [5, 5.41) is 13.7. The molecule has 20 heavy (non-hydrogen) atoms. The Morgan fingerprint density at radius 1 is 1.65 bits per heavy atom. The van der Waals surface area contributed by atoms with Crippen molar-refractivity contribution >= 4 is 11.9 Å². The largest absolute Gasteiger partial charge is 0.462 e. The second-order valence-corrected chi connectivity index (χ2v) is 4.54. The van der Waals surface area contributed by atoms with Crippen molar-refractivity contribution in [2.24, 2.45) is 0 Å². The van der Waals surface area contributed by atoms with Gasteiger partial charge in [0.25, 0.3) is 11.6 Å². The van der Waals surface area contributed by atoms with Crippen LogP contribution in [0.3, 0.4) is 0 Å². The molecule has 0 bridgehead atoms. The lowest BCUT2D eigenvalue weighted by atomic mass is 10.0.